The Hall–Kier alpha value is -2.81. The van der Waals surface area contributed by atoms with Crippen LogP contribution >= 0.6 is 0 Å². The van der Waals surface area contributed by atoms with Crippen LogP contribution in [0, 0.1) is 17.1 Å². The van der Waals surface area contributed by atoms with Crippen LogP contribution in [0.1, 0.15) is 15.9 Å². The van der Waals surface area contributed by atoms with Crippen LogP contribution in [0.3, 0.4) is 0 Å². The van der Waals surface area contributed by atoms with Crippen molar-refractivity contribution < 1.29 is 13.9 Å². The largest absolute Gasteiger partial charge is 0.423 e. The molecule has 2 rings (SSSR count). The molecule has 6 heteroatoms. The number of nitriles is 1. The highest BCUT2D eigenvalue weighted by atomic mass is 19.1. The van der Waals surface area contributed by atoms with Crippen LogP contribution in [0.15, 0.2) is 30.6 Å². The van der Waals surface area contributed by atoms with Crippen molar-refractivity contribution in [2.24, 2.45) is 0 Å². The average Bonchev–Trinajstić information content (AvgIpc) is 2.40. The summed E-state index contributed by atoms with van der Waals surface area (Å²) in [5.74, 6) is -0.657. The number of hydrogen-bond donors (Lipinski definition) is 0. The van der Waals surface area contributed by atoms with Crippen LogP contribution in [0.5, 0.6) is 11.8 Å². The van der Waals surface area contributed by atoms with E-state index in [0.29, 0.717) is 11.8 Å². The van der Waals surface area contributed by atoms with Crippen LogP contribution in [0.2, 0.25) is 0 Å². The van der Waals surface area contributed by atoms with Gasteiger partial charge in [-0.3, -0.25) is 4.79 Å². The summed E-state index contributed by atoms with van der Waals surface area (Å²) in [5, 5.41) is 8.80. The molecule has 0 aliphatic carbocycles. The molecule has 1 heterocycles. The number of carbonyl (C=O) groups excluding carboxylic acids is 1. The van der Waals surface area contributed by atoms with E-state index >= 15 is 0 Å². The molecule has 0 bridgehead atoms. The van der Waals surface area contributed by atoms with E-state index in [4.69, 9.17) is 10.00 Å². The third-order valence-corrected chi connectivity index (χ3v) is 2.07. The van der Waals surface area contributed by atoms with Gasteiger partial charge in [-0.15, -0.1) is 0 Å². The van der Waals surface area contributed by atoms with Gasteiger partial charge in [0.2, 0.25) is 0 Å². The summed E-state index contributed by atoms with van der Waals surface area (Å²) in [4.78, 5) is 17.9. The van der Waals surface area contributed by atoms with Gasteiger partial charge in [-0.25, -0.2) is 14.4 Å². The Morgan fingerprint density at radius 2 is 2.06 bits per heavy atom. The number of aromatic nitrogens is 2. The number of nitrogens with zero attached hydrogens (tertiary/aromatic N) is 3. The van der Waals surface area contributed by atoms with Gasteiger partial charge in [0.1, 0.15) is 17.4 Å². The van der Waals surface area contributed by atoms with Gasteiger partial charge in [-0.1, -0.05) is 6.07 Å². The molecule has 0 spiro atoms. The fraction of sp³-hybridized carbons (Fsp3) is 0. The van der Waals surface area contributed by atoms with Crippen LogP contribution in [-0.2, 0) is 0 Å². The second-order valence-corrected chi connectivity index (χ2v) is 3.24. The van der Waals surface area contributed by atoms with Crippen molar-refractivity contribution in [1.82, 2.24) is 9.97 Å². The highest BCUT2D eigenvalue weighted by Crippen LogP contribution is 2.24. The van der Waals surface area contributed by atoms with Crippen LogP contribution < -0.4 is 4.74 Å². The molecule has 0 saturated heterocycles. The number of carbonyl (C=O) groups is 1. The molecular formula is C12H6FN3O2. The Bertz CT molecular complexity index is 620. The fourth-order valence-corrected chi connectivity index (χ4v) is 1.24. The van der Waals surface area contributed by atoms with E-state index in [9.17, 15) is 9.18 Å². The molecule has 88 valence electrons. The summed E-state index contributed by atoms with van der Waals surface area (Å²) >= 11 is 0. The van der Waals surface area contributed by atoms with Crippen molar-refractivity contribution in [3.05, 3.63) is 47.5 Å². The predicted molar refractivity (Wildman–Crippen MR) is 58.6 cm³/mol. The fourth-order valence-electron chi connectivity index (χ4n) is 1.24. The molecule has 18 heavy (non-hydrogen) atoms. The molecule has 5 nitrogen and oxygen atoms in total. The van der Waals surface area contributed by atoms with Crippen LogP contribution in [-0.4, -0.2) is 16.3 Å². The first kappa shape index (κ1) is 11.7. The molecule has 0 aliphatic heterocycles. The summed E-state index contributed by atoms with van der Waals surface area (Å²) in [6.45, 7) is 0. The summed E-state index contributed by atoms with van der Waals surface area (Å²) in [7, 11) is 0. The predicted octanol–water partition coefficient (Wildman–Crippen LogP) is 2.09. The summed E-state index contributed by atoms with van der Waals surface area (Å²) in [6, 6.07) is 5.62. The lowest BCUT2D eigenvalue weighted by Crippen LogP contribution is -1.96. The highest BCUT2D eigenvalue weighted by molar-refractivity contribution is 5.73. The topological polar surface area (TPSA) is 75.9 Å². The second kappa shape index (κ2) is 5.01. The molecule has 0 unspecified atom stereocenters. The summed E-state index contributed by atoms with van der Waals surface area (Å²) in [6.07, 6.45) is 3.12. The summed E-state index contributed by atoms with van der Waals surface area (Å²) in [5.41, 5.74) is 0.0719. The number of rotatable bonds is 3. The Labute approximate surface area is 101 Å². The van der Waals surface area contributed by atoms with Gasteiger partial charge in [-0.05, 0) is 12.1 Å². The second-order valence-electron chi connectivity index (χ2n) is 3.24. The van der Waals surface area contributed by atoms with Gasteiger partial charge in [0.05, 0.1) is 5.56 Å². The zero-order valence-corrected chi connectivity index (χ0v) is 9.00. The average molecular weight is 243 g/mol. The standard InChI is InChI=1S/C12H6FN3O2/c13-10-2-1-3-11(9(10)4-14)18-12-15-5-8(7-17)6-16-12/h1-3,5-7H. The number of ether oxygens (including phenoxy) is 1. The van der Waals surface area contributed by atoms with Crippen LogP contribution in [0.25, 0.3) is 0 Å². The molecule has 0 amide bonds. The van der Waals surface area contributed by atoms with Gasteiger partial charge < -0.3 is 4.74 Å². The Morgan fingerprint density at radius 1 is 1.33 bits per heavy atom. The summed E-state index contributed by atoms with van der Waals surface area (Å²) < 4.78 is 18.5. The lowest BCUT2D eigenvalue weighted by atomic mass is 10.2. The Morgan fingerprint density at radius 3 is 2.67 bits per heavy atom. The van der Waals surface area contributed by atoms with Crippen molar-refractivity contribution >= 4 is 6.29 Å². The van der Waals surface area contributed by atoms with Gasteiger partial charge in [0, 0.05) is 12.4 Å². The van der Waals surface area contributed by atoms with Crippen molar-refractivity contribution in [3.8, 4) is 17.8 Å². The number of halogens is 1. The van der Waals surface area contributed by atoms with E-state index in [1.807, 2.05) is 0 Å². The Kier molecular flexibility index (Phi) is 3.25. The normalized spacial score (nSPS) is 9.56. The molecule has 0 radical (unpaired) electrons. The van der Waals surface area contributed by atoms with Crippen molar-refractivity contribution in [2.75, 3.05) is 0 Å². The number of aldehydes is 1. The smallest absolute Gasteiger partial charge is 0.321 e. The first-order valence-corrected chi connectivity index (χ1v) is 4.88. The molecule has 0 atom stereocenters. The third kappa shape index (κ3) is 2.30. The van der Waals surface area contributed by atoms with Crippen molar-refractivity contribution in [2.45, 2.75) is 0 Å². The number of benzene rings is 1. The maximum atomic E-state index is 13.3. The molecular weight excluding hydrogens is 237 g/mol. The van der Waals surface area contributed by atoms with E-state index in [0.717, 1.165) is 6.07 Å². The van der Waals surface area contributed by atoms with Gasteiger partial charge in [-0.2, -0.15) is 5.26 Å². The SMILES string of the molecule is N#Cc1c(F)cccc1Oc1ncc(C=O)cn1. The molecule has 1 aromatic carbocycles. The molecule has 2 aromatic rings. The van der Waals surface area contributed by atoms with E-state index < -0.39 is 5.82 Å². The minimum absolute atomic E-state index is 0.0244. The molecule has 0 saturated carbocycles. The van der Waals surface area contributed by atoms with E-state index in [1.165, 1.54) is 24.5 Å². The zero-order chi connectivity index (χ0) is 13.0. The molecule has 1 aromatic heterocycles. The van der Waals surface area contributed by atoms with Gasteiger partial charge in [0.25, 0.3) is 0 Å². The first-order chi connectivity index (χ1) is 8.74. The van der Waals surface area contributed by atoms with E-state index in [2.05, 4.69) is 9.97 Å². The lowest BCUT2D eigenvalue weighted by Gasteiger charge is -2.05. The monoisotopic (exact) mass is 243 g/mol. The maximum Gasteiger partial charge on any atom is 0.321 e. The minimum atomic E-state index is -0.681. The third-order valence-electron chi connectivity index (χ3n) is 2.07. The maximum absolute atomic E-state index is 13.3. The highest BCUT2D eigenvalue weighted by Gasteiger charge is 2.10. The van der Waals surface area contributed by atoms with E-state index in [1.54, 1.807) is 6.07 Å². The molecule has 0 aliphatic rings. The molecule has 0 N–H and O–H groups in total. The minimum Gasteiger partial charge on any atom is -0.423 e. The van der Waals surface area contributed by atoms with Gasteiger partial charge >= 0.3 is 6.01 Å². The lowest BCUT2D eigenvalue weighted by molar-refractivity contribution is 0.112. The Balaban J connectivity index is 2.31. The quantitative estimate of drug-likeness (QED) is 0.771. The number of hydrogen-bond acceptors (Lipinski definition) is 5. The zero-order valence-electron chi connectivity index (χ0n) is 9.00. The first-order valence-electron chi connectivity index (χ1n) is 4.88. The van der Waals surface area contributed by atoms with Gasteiger partial charge in [0.15, 0.2) is 12.0 Å². The van der Waals surface area contributed by atoms with Crippen molar-refractivity contribution in [3.63, 3.8) is 0 Å². The van der Waals surface area contributed by atoms with Crippen molar-refractivity contribution in [1.29, 1.82) is 5.26 Å². The molecule has 0 fully saturated rings. The van der Waals surface area contributed by atoms with E-state index in [-0.39, 0.29) is 17.3 Å². The van der Waals surface area contributed by atoms with Crippen LogP contribution in [0.4, 0.5) is 4.39 Å².